The number of aromatic nitrogens is 1. The maximum absolute atomic E-state index is 6.17. The van der Waals surface area contributed by atoms with Crippen molar-refractivity contribution in [3.05, 3.63) is 56.7 Å². The van der Waals surface area contributed by atoms with E-state index >= 15 is 0 Å². The molecule has 3 nitrogen and oxygen atoms in total. The standard InChI is InChI=1S/C14H13BrCl2N2O/c1-8(18)14(9-3-2-4-19-7-9)20-13-6-11(16)10(15)5-12(13)17/h2-8,14H,18H2,1H3. The van der Waals surface area contributed by atoms with Crippen molar-refractivity contribution < 1.29 is 4.74 Å². The largest absolute Gasteiger partial charge is 0.482 e. The third-order valence-corrected chi connectivity index (χ3v) is 4.21. The van der Waals surface area contributed by atoms with Gasteiger partial charge in [0, 0.05) is 34.5 Å². The Labute approximate surface area is 136 Å². The summed E-state index contributed by atoms with van der Waals surface area (Å²) in [6.45, 7) is 1.87. The fourth-order valence-corrected chi connectivity index (χ4v) is 2.59. The summed E-state index contributed by atoms with van der Waals surface area (Å²) in [5, 5.41) is 0.995. The van der Waals surface area contributed by atoms with E-state index in [1.54, 1.807) is 24.5 Å². The number of hydrogen-bond acceptors (Lipinski definition) is 3. The van der Waals surface area contributed by atoms with Crippen LogP contribution in [0.1, 0.15) is 18.6 Å². The van der Waals surface area contributed by atoms with Crippen LogP contribution in [0, 0.1) is 0 Å². The van der Waals surface area contributed by atoms with Gasteiger partial charge in [-0.15, -0.1) is 0 Å². The second-order valence-corrected chi connectivity index (χ2v) is 6.05. The number of ether oxygens (including phenoxy) is 1. The molecule has 0 amide bonds. The first kappa shape index (κ1) is 15.6. The van der Waals surface area contributed by atoms with Gasteiger partial charge in [-0.25, -0.2) is 0 Å². The van der Waals surface area contributed by atoms with E-state index in [9.17, 15) is 0 Å². The molecular weight excluding hydrogens is 363 g/mol. The van der Waals surface area contributed by atoms with Crippen LogP contribution in [0.3, 0.4) is 0 Å². The molecular formula is C14H13BrCl2N2O. The highest BCUT2D eigenvalue weighted by atomic mass is 79.9. The maximum atomic E-state index is 6.17. The second kappa shape index (κ2) is 6.76. The molecule has 106 valence electrons. The molecule has 0 spiro atoms. The molecule has 2 rings (SSSR count). The normalized spacial score (nSPS) is 13.8. The van der Waals surface area contributed by atoms with Gasteiger partial charge in [0.1, 0.15) is 11.9 Å². The Hall–Kier alpha value is -0.810. The van der Waals surface area contributed by atoms with Gasteiger partial charge in [-0.05, 0) is 35.0 Å². The summed E-state index contributed by atoms with van der Waals surface area (Å²) in [6.07, 6.45) is 3.08. The summed E-state index contributed by atoms with van der Waals surface area (Å²) < 4.78 is 6.64. The van der Waals surface area contributed by atoms with Gasteiger partial charge in [0.2, 0.25) is 0 Å². The Morgan fingerprint density at radius 2 is 2.05 bits per heavy atom. The molecule has 20 heavy (non-hydrogen) atoms. The highest BCUT2D eigenvalue weighted by Gasteiger charge is 2.20. The number of pyridine rings is 1. The van der Waals surface area contributed by atoms with Crippen LogP contribution in [0.2, 0.25) is 10.0 Å². The van der Waals surface area contributed by atoms with Gasteiger partial charge < -0.3 is 10.5 Å². The van der Waals surface area contributed by atoms with Crippen molar-refractivity contribution in [2.24, 2.45) is 5.73 Å². The van der Waals surface area contributed by atoms with Gasteiger partial charge in [-0.1, -0.05) is 29.3 Å². The lowest BCUT2D eigenvalue weighted by Crippen LogP contribution is -2.29. The van der Waals surface area contributed by atoms with Crippen LogP contribution >= 0.6 is 39.1 Å². The molecule has 1 aromatic carbocycles. The van der Waals surface area contributed by atoms with Crippen LogP contribution in [0.15, 0.2) is 41.1 Å². The van der Waals surface area contributed by atoms with Gasteiger partial charge >= 0.3 is 0 Å². The van der Waals surface area contributed by atoms with Gasteiger partial charge in [0.15, 0.2) is 0 Å². The number of nitrogens with zero attached hydrogens (tertiary/aromatic N) is 1. The minimum atomic E-state index is -0.349. The van der Waals surface area contributed by atoms with Crippen molar-refractivity contribution in [1.29, 1.82) is 0 Å². The molecule has 1 heterocycles. The van der Waals surface area contributed by atoms with Crippen molar-refractivity contribution in [3.8, 4) is 5.75 Å². The summed E-state index contributed by atoms with van der Waals surface area (Å²) in [7, 11) is 0. The first-order valence-corrected chi connectivity index (χ1v) is 7.50. The van der Waals surface area contributed by atoms with Crippen molar-refractivity contribution in [3.63, 3.8) is 0 Å². The smallest absolute Gasteiger partial charge is 0.140 e. The molecule has 2 unspecified atom stereocenters. The molecule has 1 aromatic heterocycles. The minimum Gasteiger partial charge on any atom is -0.482 e. The van der Waals surface area contributed by atoms with E-state index in [2.05, 4.69) is 20.9 Å². The average Bonchev–Trinajstić information content (AvgIpc) is 2.42. The third-order valence-electron chi connectivity index (χ3n) is 2.72. The molecule has 0 fully saturated rings. The maximum Gasteiger partial charge on any atom is 0.140 e. The van der Waals surface area contributed by atoms with Crippen LogP contribution in [-0.4, -0.2) is 11.0 Å². The van der Waals surface area contributed by atoms with Crippen molar-refractivity contribution in [2.75, 3.05) is 0 Å². The summed E-state index contributed by atoms with van der Waals surface area (Å²) >= 11 is 15.5. The SMILES string of the molecule is CC(N)C(Oc1cc(Cl)c(Br)cc1Cl)c1cccnc1. The molecule has 0 aliphatic carbocycles. The molecule has 0 aliphatic rings. The van der Waals surface area contributed by atoms with Gasteiger partial charge in [0.05, 0.1) is 10.0 Å². The Kier molecular flexibility index (Phi) is 5.27. The van der Waals surface area contributed by atoms with Crippen LogP contribution in [-0.2, 0) is 0 Å². The fourth-order valence-electron chi connectivity index (χ4n) is 1.75. The van der Waals surface area contributed by atoms with Crippen LogP contribution < -0.4 is 10.5 Å². The number of halogens is 3. The third kappa shape index (κ3) is 3.64. The lowest BCUT2D eigenvalue weighted by atomic mass is 10.1. The van der Waals surface area contributed by atoms with E-state index in [0.29, 0.717) is 15.8 Å². The zero-order valence-electron chi connectivity index (χ0n) is 10.7. The monoisotopic (exact) mass is 374 g/mol. The molecule has 6 heteroatoms. The zero-order chi connectivity index (χ0) is 14.7. The van der Waals surface area contributed by atoms with Crippen molar-refractivity contribution in [1.82, 2.24) is 4.98 Å². The summed E-state index contributed by atoms with van der Waals surface area (Å²) in [5.74, 6) is 0.492. The van der Waals surface area contributed by atoms with Crippen molar-refractivity contribution in [2.45, 2.75) is 19.1 Å². The highest BCUT2D eigenvalue weighted by Crippen LogP contribution is 2.36. The van der Waals surface area contributed by atoms with E-state index in [4.69, 9.17) is 33.7 Å². The highest BCUT2D eigenvalue weighted by molar-refractivity contribution is 9.10. The molecule has 0 bridgehead atoms. The average molecular weight is 376 g/mol. The van der Waals surface area contributed by atoms with Gasteiger partial charge in [-0.2, -0.15) is 0 Å². The van der Waals surface area contributed by atoms with Crippen molar-refractivity contribution >= 4 is 39.1 Å². The van der Waals surface area contributed by atoms with E-state index in [1.165, 1.54) is 0 Å². The number of hydrogen-bond donors (Lipinski definition) is 1. The number of nitrogens with two attached hydrogens (primary N) is 1. The summed E-state index contributed by atoms with van der Waals surface area (Å²) in [6, 6.07) is 6.89. The van der Waals surface area contributed by atoms with E-state index in [1.807, 2.05) is 19.1 Å². The molecule has 0 saturated heterocycles. The first-order chi connectivity index (χ1) is 9.49. The van der Waals surface area contributed by atoms with E-state index in [0.717, 1.165) is 10.0 Å². The van der Waals surface area contributed by atoms with E-state index < -0.39 is 0 Å². The zero-order valence-corrected chi connectivity index (χ0v) is 13.8. The molecule has 0 aliphatic heterocycles. The Morgan fingerprint density at radius 1 is 1.30 bits per heavy atom. The molecule has 0 saturated carbocycles. The number of benzene rings is 1. The minimum absolute atomic E-state index is 0.224. The quantitative estimate of drug-likeness (QED) is 0.793. The second-order valence-electron chi connectivity index (χ2n) is 4.38. The molecule has 2 atom stereocenters. The summed E-state index contributed by atoms with van der Waals surface area (Å²) in [5.41, 5.74) is 6.88. The van der Waals surface area contributed by atoms with Gasteiger partial charge in [0.25, 0.3) is 0 Å². The van der Waals surface area contributed by atoms with Crippen LogP contribution in [0.5, 0.6) is 5.75 Å². The van der Waals surface area contributed by atoms with E-state index in [-0.39, 0.29) is 12.1 Å². The predicted octanol–water partition coefficient (Wildman–Crippen LogP) is 4.62. The molecule has 2 aromatic rings. The Bertz CT molecular complexity index is 593. The Morgan fingerprint density at radius 3 is 2.65 bits per heavy atom. The number of rotatable bonds is 4. The fraction of sp³-hybridized carbons (Fsp3) is 0.214. The molecule has 0 radical (unpaired) electrons. The lowest BCUT2D eigenvalue weighted by Gasteiger charge is -2.23. The summed E-state index contributed by atoms with van der Waals surface area (Å²) in [4.78, 5) is 4.08. The topological polar surface area (TPSA) is 48.1 Å². The first-order valence-electron chi connectivity index (χ1n) is 5.95. The molecule has 2 N–H and O–H groups in total. The predicted molar refractivity (Wildman–Crippen MR) is 85.4 cm³/mol. The van der Waals surface area contributed by atoms with Crippen LogP contribution in [0.25, 0.3) is 0 Å². The van der Waals surface area contributed by atoms with Crippen LogP contribution in [0.4, 0.5) is 0 Å². The lowest BCUT2D eigenvalue weighted by molar-refractivity contribution is 0.180. The Balaban J connectivity index is 2.32. The van der Waals surface area contributed by atoms with Gasteiger partial charge in [-0.3, -0.25) is 4.98 Å².